The van der Waals surface area contributed by atoms with E-state index in [9.17, 15) is 0 Å². The van der Waals surface area contributed by atoms with E-state index in [0.717, 1.165) is 5.56 Å². The number of rotatable bonds is 3. The first-order valence-electron chi connectivity index (χ1n) is 4.91. The summed E-state index contributed by atoms with van der Waals surface area (Å²) < 4.78 is 7.26. The minimum absolute atomic E-state index is 0.385. The lowest BCUT2D eigenvalue weighted by atomic mass is 10.3. The number of halogens is 2. The van der Waals surface area contributed by atoms with Crippen molar-refractivity contribution in [3.8, 4) is 5.75 Å². The van der Waals surface area contributed by atoms with Crippen LogP contribution < -0.4 is 10.5 Å². The fourth-order valence-corrected chi connectivity index (χ4v) is 1.70. The average Bonchev–Trinajstić information content (AvgIpc) is 2.68. The van der Waals surface area contributed by atoms with Crippen LogP contribution in [-0.4, -0.2) is 9.78 Å². The largest absolute Gasteiger partial charge is 0.487 e. The number of benzene rings is 1. The summed E-state index contributed by atoms with van der Waals surface area (Å²) in [5.41, 5.74) is 7.19. The van der Waals surface area contributed by atoms with Gasteiger partial charge in [0.05, 0.1) is 21.9 Å². The van der Waals surface area contributed by atoms with E-state index < -0.39 is 0 Å². The van der Waals surface area contributed by atoms with Crippen molar-refractivity contribution in [2.45, 2.75) is 6.61 Å². The summed E-state index contributed by atoms with van der Waals surface area (Å²) in [4.78, 5) is 0. The maximum absolute atomic E-state index is 5.89. The highest BCUT2D eigenvalue weighted by Gasteiger charge is 2.07. The fraction of sp³-hybridized carbons (Fsp3) is 0.182. The number of anilines is 1. The highest BCUT2D eigenvalue weighted by Crippen LogP contribution is 2.32. The van der Waals surface area contributed by atoms with Crippen molar-refractivity contribution in [3.63, 3.8) is 0 Å². The maximum Gasteiger partial charge on any atom is 0.144 e. The molecule has 1 aromatic carbocycles. The molecule has 0 aliphatic heterocycles. The highest BCUT2D eigenvalue weighted by molar-refractivity contribution is 6.42. The number of aromatic nitrogens is 2. The second-order valence-electron chi connectivity index (χ2n) is 3.62. The van der Waals surface area contributed by atoms with Crippen LogP contribution in [0.2, 0.25) is 10.0 Å². The normalized spacial score (nSPS) is 10.5. The number of nitrogens with zero attached hydrogens (tertiary/aromatic N) is 2. The van der Waals surface area contributed by atoms with E-state index in [1.807, 2.05) is 13.2 Å². The lowest BCUT2D eigenvalue weighted by Crippen LogP contribution is -1.98. The Bertz CT molecular complexity index is 540. The van der Waals surface area contributed by atoms with Gasteiger partial charge in [0.15, 0.2) is 0 Å². The van der Waals surface area contributed by atoms with Gasteiger partial charge in [-0.3, -0.25) is 4.68 Å². The molecular weight excluding hydrogens is 261 g/mol. The zero-order valence-electron chi connectivity index (χ0n) is 9.15. The molecule has 0 unspecified atom stereocenters. The average molecular weight is 272 g/mol. The maximum atomic E-state index is 5.89. The molecule has 1 heterocycles. The molecule has 0 amide bonds. The molecule has 0 fully saturated rings. The van der Waals surface area contributed by atoms with E-state index in [1.54, 1.807) is 23.0 Å². The minimum atomic E-state index is 0.385. The molecule has 0 spiro atoms. The van der Waals surface area contributed by atoms with Crippen molar-refractivity contribution in [2.24, 2.45) is 7.05 Å². The number of hydrogen-bond acceptors (Lipinski definition) is 3. The molecule has 0 aliphatic rings. The summed E-state index contributed by atoms with van der Waals surface area (Å²) in [6.07, 6.45) is 3.60. The highest BCUT2D eigenvalue weighted by atomic mass is 35.5. The molecule has 0 aliphatic carbocycles. The summed E-state index contributed by atoms with van der Waals surface area (Å²) >= 11 is 11.7. The lowest BCUT2D eigenvalue weighted by molar-refractivity contribution is 0.308. The molecule has 2 N–H and O–H groups in total. The molecule has 0 atom stereocenters. The molecule has 0 radical (unpaired) electrons. The third kappa shape index (κ3) is 2.84. The van der Waals surface area contributed by atoms with Crippen molar-refractivity contribution in [1.29, 1.82) is 0 Å². The summed E-state index contributed by atoms with van der Waals surface area (Å²) in [6.45, 7) is 0.385. The summed E-state index contributed by atoms with van der Waals surface area (Å²) in [5, 5.41) is 4.87. The molecule has 0 saturated heterocycles. The van der Waals surface area contributed by atoms with Crippen molar-refractivity contribution in [3.05, 3.63) is 40.1 Å². The molecule has 90 valence electrons. The van der Waals surface area contributed by atoms with Gasteiger partial charge < -0.3 is 10.5 Å². The lowest BCUT2D eigenvalue weighted by Gasteiger charge is -2.09. The second-order valence-corrected chi connectivity index (χ2v) is 4.43. The van der Waals surface area contributed by atoms with Crippen LogP contribution in [0.15, 0.2) is 24.5 Å². The molecule has 2 rings (SSSR count). The zero-order chi connectivity index (χ0) is 12.4. The van der Waals surface area contributed by atoms with Crippen LogP contribution in [0.5, 0.6) is 5.75 Å². The Kier molecular flexibility index (Phi) is 3.45. The van der Waals surface area contributed by atoms with Gasteiger partial charge in [-0.15, -0.1) is 0 Å². The van der Waals surface area contributed by atoms with Crippen molar-refractivity contribution >= 4 is 28.9 Å². The van der Waals surface area contributed by atoms with Gasteiger partial charge in [-0.05, 0) is 6.07 Å². The van der Waals surface area contributed by atoms with E-state index in [1.165, 1.54) is 0 Å². The summed E-state index contributed by atoms with van der Waals surface area (Å²) in [7, 11) is 1.84. The van der Waals surface area contributed by atoms with Gasteiger partial charge in [0, 0.05) is 24.9 Å². The monoisotopic (exact) mass is 271 g/mol. The van der Waals surface area contributed by atoms with E-state index in [2.05, 4.69) is 5.10 Å². The molecule has 2 aromatic rings. The quantitative estimate of drug-likeness (QED) is 0.874. The van der Waals surface area contributed by atoms with Crippen LogP contribution in [-0.2, 0) is 13.7 Å². The van der Waals surface area contributed by atoms with Gasteiger partial charge >= 0.3 is 0 Å². The molecule has 4 nitrogen and oxygen atoms in total. The van der Waals surface area contributed by atoms with E-state index >= 15 is 0 Å². The van der Waals surface area contributed by atoms with Crippen molar-refractivity contribution in [2.75, 3.05) is 5.73 Å². The SMILES string of the molecule is Cn1cc(COc2cc(Cl)c(Cl)cc2N)cn1. The van der Waals surface area contributed by atoms with Gasteiger partial charge in [0.2, 0.25) is 0 Å². The zero-order valence-corrected chi connectivity index (χ0v) is 10.7. The molecule has 6 heteroatoms. The fourth-order valence-electron chi connectivity index (χ4n) is 1.38. The number of aryl methyl sites for hydroxylation is 1. The van der Waals surface area contributed by atoms with Gasteiger partial charge in [-0.1, -0.05) is 23.2 Å². The first kappa shape index (κ1) is 12.1. The van der Waals surface area contributed by atoms with Crippen molar-refractivity contribution < 1.29 is 4.74 Å². The summed E-state index contributed by atoms with van der Waals surface area (Å²) in [5.74, 6) is 0.517. The number of nitrogens with two attached hydrogens (primary N) is 1. The van der Waals surface area contributed by atoms with Gasteiger partial charge in [0.1, 0.15) is 12.4 Å². The Labute approximate surface area is 109 Å². The van der Waals surface area contributed by atoms with Crippen molar-refractivity contribution in [1.82, 2.24) is 9.78 Å². The van der Waals surface area contributed by atoms with Crippen LogP contribution >= 0.6 is 23.2 Å². The number of nitrogen functional groups attached to an aromatic ring is 1. The smallest absolute Gasteiger partial charge is 0.144 e. The number of ether oxygens (including phenoxy) is 1. The Morgan fingerprint density at radius 1 is 1.35 bits per heavy atom. The Balaban J connectivity index is 2.11. The second kappa shape index (κ2) is 4.85. The first-order chi connectivity index (χ1) is 8.06. The first-order valence-corrected chi connectivity index (χ1v) is 5.66. The Morgan fingerprint density at radius 2 is 2.06 bits per heavy atom. The predicted molar refractivity (Wildman–Crippen MR) is 68.4 cm³/mol. The molecule has 17 heavy (non-hydrogen) atoms. The Morgan fingerprint density at radius 3 is 2.71 bits per heavy atom. The van der Waals surface area contributed by atoms with Gasteiger partial charge in [-0.25, -0.2) is 0 Å². The molecule has 0 bridgehead atoms. The third-order valence-electron chi connectivity index (χ3n) is 2.21. The van der Waals surface area contributed by atoms with E-state index in [4.69, 9.17) is 33.7 Å². The van der Waals surface area contributed by atoms with Gasteiger partial charge in [0.25, 0.3) is 0 Å². The predicted octanol–water partition coefficient (Wildman–Crippen LogP) is 2.89. The Hall–Kier alpha value is -1.39. The standard InChI is InChI=1S/C11H11Cl2N3O/c1-16-5-7(4-15-16)6-17-11-3-9(13)8(12)2-10(11)14/h2-5H,6,14H2,1H3. The van der Waals surface area contributed by atoms with Crippen LogP contribution in [0.4, 0.5) is 5.69 Å². The topological polar surface area (TPSA) is 53.1 Å². The molecular formula is C11H11Cl2N3O. The third-order valence-corrected chi connectivity index (χ3v) is 2.93. The minimum Gasteiger partial charge on any atom is -0.487 e. The van der Waals surface area contributed by atoms with Gasteiger partial charge in [-0.2, -0.15) is 5.10 Å². The van der Waals surface area contributed by atoms with E-state index in [-0.39, 0.29) is 0 Å². The van der Waals surface area contributed by atoms with E-state index in [0.29, 0.717) is 28.1 Å². The van der Waals surface area contributed by atoms with Crippen LogP contribution in [0.25, 0.3) is 0 Å². The molecule has 1 aromatic heterocycles. The number of hydrogen-bond donors (Lipinski definition) is 1. The van der Waals surface area contributed by atoms with Crippen LogP contribution in [0, 0.1) is 0 Å². The van der Waals surface area contributed by atoms with Crippen LogP contribution in [0.1, 0.15) is 5.56 Å². The summed E-state index contributed by atoms with van der Waals surface area (Å²) in [6, 6.07) is 3.18. The van der Waals surface area contributed by atoms with Crippen LogP contribution in [0.3, 0.4) is 0 Å². The molecule has 0 saturated carbocycles.